The summed E-state index contributed by atoms with van der Waals surface area (Å²) in [6.45, 7) is 2.31. The maximum atomic E-state index is 10.5. The summed E-state index contributed by atoms with van der Waals surface area (Å²) in [5.74, 6) is 1.54. The van der Waals surface area contributed by atoms with Crippen molar-refractivity contribution in [3.05, 3.63) is 11.7 Å². The van der Waals surface area contributed by atoms with Gasteiger partial charge >= 0.3 is 5.97 Å². The molecule has 92 valence electrons. The van der Waals surface area contributed by atoms with Crippen LogP contribution in [0.4, 0.5) is 0 Å². The summed E-state index contributed by atoms with van der Waals surface area (Å²) in [6, 6.07) is 0. The Hall–Kier alpha value is -1.43. The Morgan fingerprint density at radius 1 is 1.47 bits per heavy atom. The number of carboxylic acids is 1. The minimum Gasteiger partial charge on any atom is -0.481 e. The van der Waals surface area contributed by atoms with Crippen LogP contribution in [-0.4, -0.2) is 39.2 Å². The molecule has 1 aliphatic heterocycles. The van der Waals surface area contributed by atoms with E-state index in [-0.39, 0.29) is 12.3 Å². The molecule has 0 spiro atoms. The van der Waals surface area contributed by atoms with Gasteiger partial charge < -0.3 is 9.63 Å². The van der Waals surface area contributed by atoms with Gasteiger partial charge in [-0.15, -0.1) is 0 Å². The van der Waals surface area contributed by atoms with Gasteiger partial charge in [-0.05, 0) is 18.8 Å². The van der Waals surface area contributed by atoms with Crippen molar-refractivity contribution in [3.63, 3.8) is 0 Å². The predicted molar refractivity (Wildman–Crippen MR) is 57.3 cm³/mol. The maximum absolute atomic E-state index is 10.5. The average Bonchev–Trinajstić information content (AvgIpc) is 2.96. The zero-order chi connectivity index (χ0) is 11.8. The van der Waals surface area contributed by atoms with E-state index in [1.54, 1.807) is 0 Å². The lowest BCUT2D eigenvalue weighted by Gasteiger charge is -2.37. The van der Waals surface area contributed by atoms with Crippen LogP contribution >= 0.6 is 0 Å². The van der Waals surface area contributed by atoms with Gasteiger partial charge in [-0.25, -0.2) is 0 Å². The molecule has 1 saturated heterocycles. The quantitative estimate of drug-likeness (QED) is 0.818. The molecule has 2 heterocycles. The minimum atomic E-state index is -0.717. The van der Waals surface area contributed by atoms with Gasteiger partial charge in [0.1, 0.15) is 0 Å². The summed E-state index contributed by atoms with van der Waals surface area (Å²) in [5.41, 5.74) is 0. The first-order valence-electron chi connectivity index (χ1n) is 5.97. The second-order valence-electron chi connectivity index (χ2n) is 4.98. The van der Waals surface area contributed by atoms with E-state index < -0.39 is 5.97 Å². The number of carbonyl (C=O) groups is 1. The van der Waals surface area contributed by atoms with Crippen molar-refractivity contribution < 1.29 is 14.4 Å². The van der Waals surface area contributed by atoms with Crippen molar-refractivity contribution in [1.82, 2.24) is 15.0 Å². The summed E-state index contributed by atoms with van der Waals surface area (Å²) >= 11 is 0. The van der Waals surface area contributed by atoms with Gasteiger partial charge in [0.25, 0.3) is 0 Å². The highest BCUT2D eigenvalue weighted by atomic mass is 16.5. The number of aliphatic carboxylic acids is 1. The molecule has 1 aliphatic carbocycles. The highest BCUT2D eigenvalue weighted by molar-refractivity contribution is 5.67. The third-order valence-corrected chi connectivity index (χ3v) is 3.27. The number of carboxylic acid groups (broad SMARTS) is 1. The van der Waals surface area contributed by atoms with E-state index in [1.165, 1.54) is 0 Å². The van der Waals surface area contributed by atoms with Gasteiger partial charge in [-0.2, -0.15) is 4.98 Å². The first kappa shape index (κ1) is 10.7. The van der Waals surface area contributed by atoms with Crippen molar-refractivity contribution in [2.45, 2.75) is 31.7 Å². The minimum absolute atomic E-state index is 0.260. The Morgan fingerprint density at radius 2 is 2.24 bits per heavy atom. The fourth-order valence-electron chi connectivity index (χ4n) is 2.21. The highest BCUT2D eigenvalue weighted by Crippen LogP contribution is 2.38. The molecule has 1 saturated carbocycles. The van der Waals surface area contributed by atoms with Crippen LogP contribution in [-0.2, 0) is 11.3 Å². The van der Waals surface area contributed by atoms with Gasteiger partial charge in [0.15, 0.2) is 5.82 Å². The number of hydrogen-bond donors (Lipinski definition) is 1. The van der Waals surface area contributed by atoms with E-state index in [0.717, 1.165) is 37.6 Å². The molecular weight excluding hydrogens is 222 g/mol. The second-order valence-corrected chi connectivity index (χ2v) is 4.98. The van der Waals surface area contributed by atoms with Gasteiger partial charge in [0.05, 0.1) is 13.0 Å². The van der Waals surface area contributed by atoms with Crippen molar-refractivity contribution in [2.24, 2.45) is 5.92 Å². The Bertz CT molecular complexity index is 421. The van der Waals surface area contributed by atoms with Crippen molar-refractivity contribution in [3.8, 4) is 0 Å². The van der Waals surface area contributed by atoms with Crippen LogP contribution in [0.25, 0.3) is 0 Å². The summed E-state index contributed by atoms with van der Waals surface area (Å²) in [4.78, 5) is 17.0. The summed E-state index contributed by atoms with van der Waals surface area (Å²) in [7, 11) is 0. The van der Waals surface area contributed by atoms with E-state index in [2.05, 4.69) is 15.0 Å². The van der Waals surface area contributed by atoms with E-state index in [1.807, 2.05) is 0 Å². The number of aromatic nitrogens is 2. The van der Waals surface area contributed by atoms with Crippen LogP contribution < -0.4 is 0 Å². The van der Waals surface area contributed by atoms with E-state index in [0.29, 0.717) is 12.5 Å². The van der Waals surface area contributed by atoms with Crippen LogP contribution in [0, 0.1) is 5.92 Å². The Balaban J connectivity index is 1.46. The standard InChI is InChI=1S/C11H15N3O3/c15-10(16)3-7-4-14(5-7)6-9-12-11(17-13-9)8-1-2-8/h7-8H,1-6H2,(H,15,16). The Kier molecular flexibility index (Phi) is 2.58. The third kappa shape index (κ3) is 2.46. The molecule has 0 atom stereocenters. The first-order valence-corrected chi connectivity index (χ1v) is 5.97. The number of nitrogens with zero attached hydrogens (tertiary/aromatic N) is 3. The molecule has 0 amide bonds. The molecule has 6 heteroatoms. The van der Waals surface area contributed by atoms with Crippen molar-refractivity contribution in [1.29, 1.82) is 0 Å². The fraction of sp³-hybridized carbons (Fsp3) is 0.727. The van der Waals surface area contributed by atoms with E-state index in [4.69, 9.17) is 9.63 Å². The molecule has 1 N–H and O–H groups in total. The van der Waals surface area contributed by atoms with Crippen LogP contribution in [0.3, 0.4) is 0 Å². The van der Waals surface area contributed by atoms with Crippen LogP contribution in [0.15, 0.2) is 4.52 Å². The number of rotatable bonds is 5. The topological polar surface area (TPSA) is 79.5 Å². The monoisotopic (exact) mass is 237 g/mol. The molecular formula is C11H15N3O3. The van der Waals surface area contributed by atoms with Crippen LogP contribution in [0.2, 0.25) is 0 Å². The number of likely N-dealkylation sites (tertiary alicyclic amines) is 1. The fourth-order valence-corrected chi connectivity index (χ4v) is 2.21. The highest BCUT2D eigenvalue weighted by Gasteiger charge is 2.32. The zero-order valence-corrected chi connectivity index (χ0v) is 9.50. The molecule has 17 heavy (non-hydrogen) atoms. The van der Waals surface area contributed by atoms with E-state index in [9.17, 15) is 4.79 Å². The van der Waals surface area contributed by atoms with Gasteiger partial charge in [-0.1, -0.05) is 5.16 Å². The normalized spacial score (nSPS) is 21.4. The molecule has 0 radical (unpaired) electrons. The molecule has 1 aromatic heterocycles. The average molecular weight is 237 g/mol. The Morgan fingerprint density at radius 3 is 2.88 bits per heavy atom. The predicted octanol–water partition coefficient (Wildman–Crippen LogP) is 0.853. The molecule has 6 nitrogen and oxygen atoms in total. The molecule has 3 rings (SSSR count). The summed E-state index contributed by atoms with van der Waals surface area (Å²) < 4.78 is 5.17. The third-order valence-electron chi connectivity index (χ3n) is 3.27. The molecule has 2 aliphatic rings. The Labute approximate surface area is 98.6 Å². The smallest absolute Gasteiger partial charge is 0.303 e. The number of hydrogen-bond acceptors (Lipinski definition) is 5. The molecule has 0 unspecified atom stereocenters. The zero-order valence-electron chi connectivity index (χ0n) is 9.50. The lowest BCUT2D eigenvalue weighted by molar-refractivity contribution is -0.139. The largest absolute Gasteiger partial charge is 0.481 e. The summed E-state index contributed by atoms with van der Waals surface area (Å²) in [6.07, 6.45) is 2.58. The maximum Gasteiger partial charge on any atom is 0.303 e. The molecule has 2 fully saturated rings. The SMILES string of the molecule is O=C(O)CC1CN(Cc2noc(C3CC3)n2)C1. The van der Waals surface area contributed by atoms with Crippen molar-refractivity contribution in [2.75, 3.05) is 13.1 Å². The second kappa shape index (κ2) is 4.10. The summed E-state index contributed by atoms with van der Waals surface area (Å²) in [5, 5.41) is 12.6. The molecule has 1 aromatic rings. The van der Waals surface area contributed by atoms with Gasteiger partial charge in [0, 0.05) is 19.0 Å². The molecule has 0 bridgehead atoms. The molecule has 0 aromatic carbocycles. The first-order chi connectivity index (χ1) is 8.20. The van der Waals surface area contributed by atoms with Gasteiger partial charge in [-0.3, -0.25) is 9.69 Å². The lowest BCUT2D eigenvalue weighted by Crippen LogP contribution is -2.46. The van der Waals surface area contributed by atoms with E-state index >= 15 is 0 Å². The van der Waals surface area contributed by atoms with Gasteiger partial charge in [0.2, 0.25) is 5.89 Å². The lowest BCUT2D eigenvalue weighted by atomic mass is 9.96. The van der Waals surface area contributed by atoms with Crippen LogP contribution in [0.5, 0.6) is 0 Å². The van der Waals surface area contributed by atoms with Crippen molar-refractivity contribution >= 4 is 5.97 Å². The van der Waals surface area contributed by atoms with Crippen LogP contribution in [0.1, 0.15) is 36.9 Å².